The topological polar surface area (TPSA) is 75.6 Å². The molecule has 2 N–H and O–H groups in total. The Morgan fingerprint density at radius 1 is 1.04 bits per heavy atom. The van der Waals surface area contributed by atoms with E-state index in [1.807, 2.05) is 24.3 Å². The molecule has 5 heteroatoms. The van der Waals surface area contributed by atoms with E-state index in [1.54, 1.807) is 18.2 Å². The van der Waals surface area contributed by atoms with Gasteiger partial charge < -0.3 is 15.2 Å². The summed E-state index contributed by atoms with van der Waals surface area (Å²) in [4.78, 5) is 23.4. The minimum absolute atomic E-state index is 0.0353. The fraction of sp³-hybridized carbons (Fsp3) is 0.300. The van der Waals surface area contributed by atoms with Crippen LogP contribution < -0.4 is 10.1 Å². The maximum atomic E-state index is 12.2. The zero-order chi connectivity index (χ0) is 17.6. The van der Waals surface area contributed by atoms with Gasteiger partial charge in [-0.2, -0.15) is 0 Å². The van der Waals surface area contributed by atoms with Crippen LogP contribution in [0.25, 0.3) is 0 Å². The molecule has 0 atom stereocenters. The van der Waals surface area contributed by atoms with Gasteiger partial charge in [0.15, 0.2) is 0 Å². The highest BCUT2D eigenvalue weighted by Crippen LogP contribution is 2.30. The monoisotopic (exact) mass is 339 g/mol. The van der Waals surface area contributed by atoms with E-state index in [2.05, 4.69) is 5.32 Å². The molecule has 0 radical (unpaired) electrons. The second kappa shape index (κ2) is 7.83. The first kappa shape index (κ1) is 17.0. The predicted octanol–water partition coefficient (Wildman–Crippen LogP) is 3.03. The van der Waals surface area contributed by atoms with E-state index in [-0.39, 0.29) is 17.9 Å². The number of benzene rings is 2. The Morgan fingerprint density at radius 2 is 1.72 bits per heavy atom. The molecule has 0 aromatic heterocycles. The van der Waals surface area contributed by atoms with Gasteiger partial charge in [-0.05, 0) is 36.5 Å². The van der Waals surface area contributed by atoms with E-state index < -0.39 is 5.97 Å². The summed E-state index contributed by atoms with van der Waals surface area (Å²) in [6.07, 6.45) is 2.48. The number of carbonyl (C=O) groups excluding carboxylic acids is 1. The summed E-state index contributed by atoms with van der Waals surface area (Å²) in [5.41, 5.74) is 1.58. The average Bonchev–Trinajstić information content (AvgIpc) is 3.43. The van der Waals surface area contributed by atoms with Gasteiger partial charge >= 0.3 is 5.97 Å². The Bertz CT molecular complexity index is 768. The van der Waals surface area contributed by atoms with Crippen LogP contribution in [-0.2, 0) is 17.8 Å². The lowest BCUT2D eigenvalue weighted by molar-refractivity contribution is -0.120. The Morgan fingerprint density at radius 3 is 2.44 bits per heavy atom. The number of carboxylic acid groups (broad SMARTS) is 1. The van der Waals surface area contributed by atoms with Gasteiger partial charge in [-0.1, -0.05) is 36.4 Å². The first-order chi connectivity index (χ1) is 12.1. The molecular weight excluding hydrogens is 318 g/mol. The summed E-state index contributed by atoms with van der Waals surface area (Å²) >= 11 is 0. The molecule has 0 aliphatic heterocycles. The Kier molecular flexibility index (Phi) is 5.33. The Labute approximate surface area is 146 Å². The van der Waals surface area contributed by atoms with Crippen LogP contribution in [0, 0.1) is 5.92 Å². The normalized spacial score (nSPS) is 13.3. The van der Waals surface area contributed by atoms with Crippen molar-refractivity contribution in [3.8, 4) is 5.75 Å². The standard InChI is InChI=1S/C20H21NO4/c22-19(11-15-5-1-3-7-17(15)20(23)24)21-12-16-6-2-4-8-18(16)25-13-14-9-10-14/h1-8,14H,9-13H2,(H,21,22)(H,23,24). The van der Waals surface area contributed by atoms with E-state index in [4.69, 9.17) is 4.74 Å². The summed E-state index contributed by atoms with van der Waals surface area (Å²) < 4.78 is 5.83. The van der Waals surface area contributed by atoms with E-state index in [0.29, 0.717) is 18.0 Å². The largest absolute Gasteiger partial charge is 0.493 e. The number of amides is 1. The van der Waals surface area contributed by atoms with E-state index in [9.17, 15) is 14.7 Å². The highest BCUT2D eigenvalue weighted by Gasteiger charge is 2.22. The van der Waals surface area contributed by atoms with Gasteiger partial charge in [-0.3, -0.25) is 4.79 Å². The van der Waals surface area contributed by atoms with Crippen LogP contribution in [0.4, 0.5) is 0 Å². The van der Waals surface area contributed by atoms with Crippen LogP contribution in [0.1, 0.15) is 34.3 Å². The molecule has 2 aromatic carbocycles. The lowest BCUT2D eigenvalue weighted by Crippen LogP contribution is -2.25. The average molecular weight is 339 g/mol. The third-order valence-corrected chi connectivity index (χ3v) is 4.22. The molecule has 1 fully saturated rings. The number of hydrogen-bond donors (Lipinski definition) is 2. The summed E-state index contributed by atoms with van der Waals surface area (Å²) in [7, 11) is 0. The minimum Gasteiger partial charge on any atom is -0.493 e. The highest BCUT2D eigenvalue weighted by atomic mass is 16.5. The van der Waals surface area contributed by atoms with Crippen molar-refractivity contribution in [1.29, 1.82) is 0 Å². The maximum absolute atomic E-state index is 12.2. The number of carboxylic acids is 1. The third-order valence-electron chi connectivity index (χ3n) is 4.22. The van der Waals surface area contributed by atoms with E-state index >= 15 is 0 Å². The van der Waals surface area contributed by atoms with Crippen molar-refractivity contribution in [2.75, 3.05) is 6.61 Å². The zero-order valence-electron chi connectivity index (χ0n) is 13.9. The molecule has 1 aliphatic carbocycles. The van der Waals surface area contributed by atoms with Crippen LogP contribution >= 0.6 is 0 Å². The molecule has 0 unspecified atom stereocenters. The van der Waals surface area contributed by atoms with Crippen molar-refractivity contribution in [3.63, 3.8) is 0 Å². The van der Waals surface area contributed by atoms with Gasteiger partial charge in [0.05, 0.1) is 18.6 Å². The van der Waals surface area contributed by atoms with Crippen LogP contribution in [-0.4, -0.2) is 23.6 Å². The SMILES string of the molecule is O=C(Cc1ccccc1C(=O)O)NCc1ccccc1OCC1CC1. The quantitative estimate of drug-likeness (QED) is 0.775. The predicted molar refractivity (Wildman–Crippen MR) is 93.6 cm³/mol. The Balaban J connectivity index is 1.58. The zero-order valence-corrected chi connectivity index (χ0v) is 13.9. The molecule has 5 nitrogen and oxygen atoms in total. The maximum Gasteiger partial charge on any atom is 0.335 e. The van der Waals surface area contributed by atoms with Gasteiger partial charge in [0.2, 0.25) is 5.91 Å². The van der Waals surface area contributed by atoms with Gasteiger partial charge in [-0.15, -0.1) is 0 Å². The second-order valence-corrected chi connectivity index (χ2v) is 6.28. The third kappa shape index (κ3) is 4.83. The minimum atomic E-state index is -1.03. The van der Waals surface area contributed by atoms with Gasteiger partial charge in [0.1, 0.15) is 5.75 Å². The molecule has 1 aliphatic rings. The van der Waals surface area contributed by atoms with Crippen molar-refractivity contribution in [2.24, 2.45) is 5.92 Å². The molecule has 130 valence electrons. The molecular formula is C20H21NO4. The Hall–Kier alpha value is -2.82. The number of nitrogens with one attached hydrogen (secondary N) is 1. The molecule has 3 rings (SSSR count). The first-order valence-corrected chi connectivity index (χ1v) is 8.42. The molecule has 2 aromatic rings. The lowest BCUT2D eigenvalue weighted by atomic mass is 10.0. The molecule has 1 saturated carbocycles. The van der Waals surface area contributed by atoms with Crippen molar-refractivity contribution in [3.05, 3.63) is 65.2 Å². The van der Waals surface area contributed by atoms with Crippen molar-refractivity contribution >= 4 is 11.9 Å². The van der Waals surface area contributed by atoms with E-state index in [1.165, 1.54) is 18.9 Å². The summed E-state index contributed by atoms with van der Waals surface area (Å²) in [6.45, 7) is 1.08. The van der Waals surface area contributed by atoms with Crippen LogP contribution in [0.5, 0.6) is 5.75 Å². The first-order valence-electron chi connectivity index (χ1n) is 8.42. The second-order valence-electron chi connectivity index (χ2n) is 6.28. The van der Waals surface area contributed by atoms with Crippen molar-refractivity contribution < 1.29 is 19.4 Å². The molecule has 0 saturated heterocycles. The number of carbonyl (C=O) groups is 2. The number of aromatic carboxylic acids is 1. The molecule has 0 heterocycles. The smallest absolute Gasteiger partial charge is 0.335 e. The molecule has 0 spiro atoms. The summed E-state index contributed by atoms with van der Waals surface area (Å²) in [5, 5.41) is 12.0. The summed E-state index contributed by atoms with van der Waals surface area (Å²) in [6, 6.07) is 14.2. The van der Waals surface area contributed by atoms with Crippen molar-refractivity contribution in [2.45, 2.75) is 25.8 Å². The molecule has 25 heavy (non-hydrogen) atoms. The van der Waals surface area contributed by atoms with Crippen LogP contribution in [0.3, 0.4) is 0 Å². The molecule has 0 bridgehead atoms. The lowest BCUT2D eigenvalue weighted by Gasteiger charge is -2.12. The molecule has 1 amide bonds. The van der Waals surface area contributed by atoms with Crippen LogP contribution in [0.15, 0.2) is 48.5 Å². The van der Waals surface area contributed by atoms with Crippen molar-refractivity contribution in [1.82, 2.24) is 5.32 Å². The van der Waals surface area contributed by atoms with E-state index in [0.717, 1.165) is 17.9 Å². The number of ether oxygens (including phenoxy) is 1. The van der Waals surface area contributed by atoms with Gasteiger partial charge in [0.25, 0.3) is 0 Å². The highest BCUT2D eigenvalue weighted by molar-refractivity contribution is 5.91. The number of hydrogen-bond acceptors (Lipinski definition) is 3. The fourth-order valence-corrected chi connectivity index (χ4v) is 2.60. The van der Waals surface area contributed by atoms with Gasteiger partial charge in [-0.25, -0.2) is 4.79 Å². The summed E-state index contributed by atoms with van der Waals surface area (Å²) in [5.74, 6) is 0.212. The van der Waals surface area contributed by atoms with Gasteiger partial charge in [0, 0.05) is 12.1 Å². The fourth-order valence-electron chi connectivity index (χ4n) is 2.60. The van der Waals surface area contributed by atoms with Crippen LogP contribution in [0.2, 0.25) is 0 Å². The number of para-hydroxylation sites is 1. The number of rotatable bonds is 8.